The number of aromatic hydroxyl groups is 1. The first kappa shape index (κ1) is 14.4. The van der Waals surface area contributed by atoms with Crippen LogP contribution in [0.3, 0.4) is 0 Å². The lowest BCUT2D eigenvalue weighted by Crippen LogP contribution is -2.41. The quantitative estimate of drug-likeness (QED) is 0.732. The molecule has 1 aromatic carbocycles. The zero-order valence-corrected chi connectivity index (χ0v) is 11.7. The maximum atomic E-state index is 10.2. The minimum Gasteiger partial charge on any atom is -0.508 e. The molecular weight excluding hydrogens is 238 g/mol. The fourth-order valence-corrected chi connectivity index (χ4v) is 2.90. The summed E-state index contributed by atoms with van der Waals surface area (Å²) in [7, 11) is 0. The van der Waals surface area contributed by atoms with E-state index in [0.29, 0.717) is 5.75 Å². The van der Waals surface area contributed by atoms with E-state index in [-0.39, 0.29) is 18.2 Å². The van der Waals surface area contributed by atoms with Crippen LogP contribution in [0.25, 0.3) is 0 Å². The molecule has 19 heavy (non-hydrogen) atoms. The van der Waals surface area contributed by atoms with Crippen LogP contribution in [0.4, 0.5) is 0 Å². The van der Waals surface area contributed by atoms with Crippen molar-refractivity contribution in [1.82, 2.24) is 5.32 Å². The van der Waals surface area contributed by atoms with Gasteiger partial charge in [0.15, 0.2) is 0 Å². The molecule has 0 bridgehead atoms. The van der Waals surface area contributed by atoms with Gasteiger partial charge in [-0.1, -0.05) is 38.3 Å². The molecule has 0 radical (unpaired) electrons. The molecule has 2 rings (SSSR count). The highest BCUT2D eigenvalue weighted by Crippen LogP contribution is 2.24. The normalized spacial score (nSPS) is 25.8. The molecule has 1 aromatic rings. The third-order valence-electron chi connectivity index (χ3n) is 4.10. The van der Waals surface area contributed by atoms with E-state index in [4.69, 9.17) is 0 Å². The second-order valence-corrected chi connectivity index (χ2v) is 5.53. The highest BCUT2D eigenvalue weighted by molar-refractivity contribution is 5.28. The lowest BCUT2D eigenvalue weighted by Gasteiger charge is -2.27. The van der Waals surface area contributed by atoms with Gasteiger partial charge < -0.3 is 15.5 Å². The largest absolute Gasteiger partial charge is 0.508 e. The van der Waals surface area contributed by atoms with E-state index in [1.807, 2.05) is 12.1 Å². The van der Waals surface area contributed by atoms with Crippen molar-refractivity contribution in [3.05, 3.63) is 29.8 Å². The van der Waals surface area contributed by atoms with Crippen molar-refractivity contribution in [3.8, 4) is 5.75 Å². The second kappa shape index (κ2) is 6.92. The fraction of sp³-hybridized carbons (Fsp3) is 0.625. The van der Waals surface area contributed by atoms with Gasteiger partial charge in [0.05, 0.1) is 6.10 Å². The van der Waals surface area contributed by atoms with E-state index < -0.39 is 0 Å². The Morgan fingerprint density at radius 2 is 1.84 bits per heavy atom. The molecule has 0 saturated heterocycles. The van der Waals surface area contributed by atoms with Crippen molar-refractivity contribution < 1.29 is 10.2 Å². The van der Waals surface area contributed by atoms with E-state index >= 15 is 0 Å². The van der Waals surface area contributed by atoms with Crippen molar-refractivity contribution in [2.45, 2.75) is 63.6 Å². The van der Waals surface area contributed by atoms with Gasteiger partial charge in [0.1, 0.15) is 5.75 Å². The average Bonchev–Trinajstić information content (AvgIpc) is 2.62. The van der Waals surface area contributed by atoms with Crippen LogP contribution in [0, 0.1) is 0 Å². The van der Waals surface area contributed by atoms with Crippen LogP contribution in [0.15, 0.2) is 24.3 Å². The van der Waals surface area contributed by atoms with E-state index in [9.17, 15) is 10.2 Å². The first-order valence-electron chi connectivity index (χ1n) is 7.43. The Balaban J connectivity index is 2.03. The summed E-state index contributed by atoms with van der Waals surface area (Å²) in [5.41, 5.74) is 1.18. The smallest absolute Gasteiger partial charge is 0.115 e. The Bertz CT molecular complexity index is 377. The van der Waals surface area contributed by atoms with Crippen molar-refractivity contribution >= 4 is 0 Å². The number of benzene rings is 1. The summed E-state index contributed by atoms with van der Waals surface area (Å²) in [6, 6.07) is 7.81. The molecule has 3 heteroatoms. The summed E-state index contributed by atoms with van der Waals surface area (Å²) >= 11 is 0. The summed E-state index contributed by atoms with van der Waals surface area (Å²) < 4.78 is 0. The maximum Gasteiger partial charge on any atom is 0.115 e. The molecule has 106 valence electrons. The van der Waals surface area contributed by atoms with Gasteiger partial charge in [-0.25, -0.2) is 0 Å². The monoisotopic (exact) mass is 263 g/mol. The van der Waals surface area contributed by atoms with Crippen LogP contribution in [0.1, 0.15) is 57.1 Å². The zero-order chi connectivity index (χ0) is 13.7. The van der Waals surface area contributed by atoms with Gasteiger partial charge in [-0.3, -0.25) is 0 Å². The van der Waals surface area contributed by atoms with Crippen LogP contribution in [0.5, 0.6) is 5.75 Å². The van der Waals surface area contributed by atoms with Crippen molar-refractivity contribution in [2.24, 2.45) is 0 Å². The predicted molar refractivity (Wildman–Crippen MR) is 77.2 cm³/mol. The number of aliphatic hydroxyl groups excluding tert-OH is 1. The third-order valence-corrected chi connectivity index (χ3v) is 4.10. The van der Waals surface area contributed by atoms with Gasteiger partial charge in [-0.05, 0) is 37.0 Å². The Hall–Kier alpha value is -1.06. The third kappa shape index (κ3) is 3.95. The fourth-order valence-electron chi connectivity index (χ4n) is 2.90. The number of hydrogen-bond donors (Lipinski definition) is 3. The zero-order valence-electron chi connectivity index (χ0n) is 11.7. The minimum absolute atomic E-state index is 0.196. The standard InChI is InChI=1S/C16H25NO2/c1-2-14(12-8-10-13(18)11-9-12)17-15-6-4-3-5-7-16(15)19/h8-11,14-19H,2-7H2,1H3. The van der Waals surface area contributed by atoms with E-state index in [1.165, 1.54) is 18.4 Å². The van der Waals surface area contributed by atoms with Gasteiger partial charge in [0.25, 0.3) is 0 Å². The Morgan fingerprint density at radius 3 is 2.53 bits per heavy atom. The van der Waals surface area contributed by atoms with Gasteiger partial charge in [-0.2, -0.15) is 0 Å². The van der Waals surface area contributed by atoms with Gasteiger partial charge in [-0.15, -0.1) is 0 Å². The Labute approximate surface area is 115 Å². The molecule has 3 unspecified atom stereocenters. The second-order valence-electron chi connectivity index (χ2n) is 5.53. The van der Waals surface area contributed by atoms with Crippen LogP contribution in [-0.4, -0.2) is 22.4 Å². The molecule has 0 spiro atoms. The SMILES string of the molecule is CCC(NC1CCCCCC1O)c1ccc(O)cc1. The van der Waals surface area contributed by atoms with E-state index in [2.05, 4.69) is 12.2 Å². The number of nitrogens with one attached hydrogen (secondary N) is 1. The first-order valence-corrected chi connectivity index (χ1v) is 7.43. The maximum absolute atomic E-state index is 10.2. The predicted octanol–water partition coefficient (Wildman–Crippen LogP) is 3.13. The lowest BCUT2D eigenvalue weighted by atomic mass is 9.99. The molecule has 1 aliphatic rings. The van der Waals surface area contributed by atoms with Crippen molar-refractivity contribution in [1.29, 1.82) is 0 Å². The summed E-state index contributed by atoms with van der Waals surface area (Å²) in [5.74, 6) is 0.299. The summed E-state index contributed by atoms with van der Waals surface area (Å²) in [5, 5.41) is 23.1. The summed E-state index contributed by atoms with van der Waals surface area (Å²) in [4.78, 5) is 0. The number of rotatable bonds is 4. The molecule has 0 amide bonds. The minimum atomic E-state index is -0.228. The molecule has 1 saturated carbocycles. The number of aliphatic hydroxyl groups is 1. The lowest BCUT2D eigenvalue weighted by molar-refractivity contribution is 0.113. The Kier molecular flexibility index (Phi) is 5.23. The van der Waals surface area contributed by atoms with Crippen molar-refractivity contribution in [2.75, 3.05) is 0 Å². The van der Waals surface area contributed by atoms with Crippen LogP contribution in [-0.2, 0) is 0 Å². The van der Waals surface area contributed by atoms with Gasteiger partial charge >= 0.3 is 0 Å². The molecule has 1 fully saturated rings. The molecule has 0 heterocycles. The molecule has 3 nitrogen and oxygen atoms in total. The number of hydrogen-bond acceptors (Lipinski definition) is 3. The summed E-state index contributed by atoms with van der Waals surface area (Å²) in [6.07, 6.45) is 6.27. The first-order chi connectivity index (χ1) is 9.20. The molecule has 3 atom stereocenters. The van der Waals surface area contributed by atoms with Crippen LogP contribution < -0.4 is 5.32 Å². The number of phenolic OH excluding ortho intramolecular Hbond substituents is 1. The van der Waals surface area contributed by atoms with E-state index in [0.717, 1.165) is 25.7 Å². The van der Waals surface area contributed by atoms with E-state index in [1.54, 1.807) is 12.1 Å². The molecular formula is C16H25NO2. The van der Waals surface area contributed by atoms with Gasteiger partial charge in [0.2, 0.25) is 0 Å². The van der Waals surface area contributed by atoms with Crippen molar-refractivity contribution in [3.63, 3.8) is 0 Å². The molecule has 0 aromatic heterocycles. The van der Waals surface area contributed by atoms with Crippen LogP contribution in [0.2, 0.25) is 0 Å². The molecule has 3 N–H and O–H groups in total. The molecule has 1 aliphatic carbocycles. The topological polar surface area (TPSA) is 52.5 Å². The summed E-state index contributed by atoms with van der Waals surface area (Å²) in [6.45, 7) is 2.15. The number of phenols is 1. The average molecular weight is 263 g/mol. The highest BCUT2D eigenvalue weighted by atomic mass is 16.3. The van der Waals surface area contributed by atoms with Gasteiger partial charge in [0, 0.05) is 12.1 Å². The Morgan fingerprint density at radius 1 is 1.16 bits per heavy atom. The van der Waals surface area contributed by atoms with Crippen LogP contribution >= 0.6 is 0 Å². The highest BCUT2D eigenvalue weighted by Gasteiger charge is 2.24. The molecule has 0 aliphatic heterocycles.